The molecule has 1 aliphatic heterocycles. The van der Waals surface area contributed by atoms with E-state index in [2.05, 4.69) is 20.8 Å². The Morgan fingerprint density at radius 3 is 2.37 bits per heavy atom. The third kappa shape index (κ3) is 3.33. The van der Waals surface area contributed by atoms with Crippen molar-refractivity contribution in [2.24, 2.45) is 22.7 Å². The van der Waals surface area contributed by atoms with Crippen molar-refractivity contribution in [2.75, 3.05) is 13.2 Å². The SMILES string of the molecule is CC1(C)COC(C)(CCC2=C3CC[C@]4(C)C(=O)CCC4C3CCC2=O)OC1. The molecule has 27 heavy (non-hydrogen) atoms. The van der Waals surface area contributed by atoms with E-state index in [4.69, 9.17) is 9.47 Å². The third-order valence-corrected chi connectivity index (χ3v) is 7.76. The van der Waals surface area contributed by atoms with Gasteiger partial charge < -0.3 is 9.47 Å². The number of fused-ring (bicyclic) bond motifs is 3. The van der Waals surface area contributed by atoms with E-state index in [9.17, 15) is 9.59 Å². The van der Waals surface area contributed by atoms with Crippen LogP contribution >= 0.6 is 0 Å². The predicted molar refractivity (Wildman–Crippen MR) is 103 cm³/mol. The molecule has 3 atom stereocenters. The maximum atomic E-state index is 12.8. The molecule has 0 radical (unpaired) electrons. The Morgan fingerprint density at radius 1 is 0.963 bits per heavy atom. The van der Waals surface area contributed by atoms with E-state index in [-0.39, 0.29) is 10.8 Å². The first-order chi connectivity index (χ1) is 12.6. The largest absolute Gasteiger partial charge is 0.350 e. The maximum Gasteiger partial charge on any atom is 0.165 e. The van der Waals surface area contributed by atoms with E-state index in [0.29, 0.717) is 43.0 Å². The van der Waals surface area contributed by atoms with E-state index >= 15 is 0 Å². The molecule has 4 nitrogen and oxygen atoms in total. The Morgan fingerprint density at radius 2 is 1.67 bits per heavy atom. The van der Waals surface area contributed by atoms with Gasteiger partial charge in [0.15, 0.2) is 11.6 Å². The van der Waals surface area contributed by atoms with E-state index in [1.54, 1.807) is 0 Å². The predicted octanol–water partition coefficient (Wildman–Crippen LogP) is 4.61. The summed E-state index contributed by atoms with van der Waals surface area (Å²) in [4.78, 5) is 25.2. The summed E-state index contributed by atoms with van der Waals surface area (Å²) < 4.78 is 12.1. The highest BCUT2D eigenvalue weighted by Gasteiger charge is 2.53. The number of hydrogen-bond donors (Lipinski definition) is 0. The molecule has 3 aliphatic carbocycles. The van der Waals surface area contributed by atoms with Crippen LogP contribution in [0.3, 0.4) is 0 Å². The van der Waals surface area contributed by atoms with Gasteiger partial charge in [-0.05, 0) is 56.4 Å². The molecule has 0 aromatic rings. The molecule has 4 rings (SSSR count). The van der Waals surface area contributed by atoms with Gasteiger partial charge in [-0.1, -0.05) is 26.3 Å². The lowest BCUT2D eigenvalue weighted by atomic mass is 9.58. The van der Waals surface area contributed by atoms with Crippen molar-refractivity contribution in [2.45, 2.75) is 84.8 Å². The van der Waals surface area contributed by atoms with Gasteiger partial charge in [-0.15, -0.1) is 0 Å². The van der Waals surface area contributed by atoms with E-state index in [1.165, 1.54) is 5.57 Å². The Balaban J connectivity index is 1.52. The first kappa shape index (κ1) is 19.3. The lowest BCUT2D eigenvalue weighted by Gasteiger charge is -2.45. The van der Waals surface area contributed by atoms with Crippen molar-refractivity contribution in [1.82, 2.24) is 0 Å². The topological polar surface area (TPSA) is 52.6 Å². The molecule has 4 aliphatic rings. The zero-order valence-electron chi connectivity index (χ0n) is 17.4. The van der Waals surface area contributed by atoms with Crippen molar-refractivity contribution < 1.29 is 19.1 Å². The van der Waals surface area contributed by atoms with Gasteiger partial charge in [0.1, 0.15) is 5.78 Å². The molecule has 3 fully saturated rings. The minimum atomic E-state index is -0.594. The average molecular weight is 375 g/mol. The summed E-state index contributed by atoms with van der Waals surface area (Å²) in [7, 11) is 0. The fourth-order valence-corrected chi connectivity index (χ4v) is 5.83. The second-order valence-corrected chi connectivity index (χ2v) is 10.4. The van der Waals surface area contributed by atoms with Gasteiger partial charge in [0, 0.05) is 30.1 Å². The molecule has 0 aromatic carbocycles. The van der Waals surface area contributed by atoms with Gasteiger partial charge in [-0.2, -0.15) is 0 Å². The van der Waals surface area contributed by atoms with Crippen LogP contribution in [0.1, 0.15) is 79.1 Å². The number of rotatable bonds is 3. The van der Waals surface area contributed by atoms with Crippen LogP contribution < -0.4 is 0 Å². The van der Waals surface area contributed by atoms with Crippen molar-refractivity contribution in [3.63, 3.8) is 0 Å². The van der Waals surface area contributed by atoms with Crippen LogP contribution in [0.25, 0.3) is 0 Å². The van der Waals surface area contributed by atoms with Crippen LogP contribution in [-0.4, -0.2) is 30.6 Å². The molecule has 1 heterocycles. The van der Waals surface area contributed by atoms with E-state index in [1.807, 2.05) is 6.92 Å². The summed E-state index contributed by atoms with van der Waals surface area (Å²) in [5.41, 5.74) is 2.30. The van der Waals surface area contributed by atoms with Crippen LogP contribution in [0.15, 0.2) is 11.1 Å². The Hall–Kier alpha value is -1.00. The molecular formula is C23H34O4. The molecule has 0 bridgehead atoms. The van der Waals surface area contributed by atoms with Gasteiger partial charge >= 0.3 is 0 Å². The molecule has 2 unspecified atom stereocenters. The highest BCUT2D eigenvalue weighted by Crippen LogP contribution is 2.57. The first-order valence-corrected chi connectivity index (χ1v) is 10.7. The number of ketones is 2. The number of carbonyl (C=O) groups excluding carboxylic acids is 2. The van der Waals surface area contributed by atoms with Gasteiger partial charge in [-0.25, -0.2) is 0 Å². The minimum Gasteiger partial charge on any atom is -0.350 e. The third-order valence-electron chi connectivity index (χ3n) is 7.76. The van der Waals surface area contributed by atoms with Gasteiger partial charge in [0.2, 0.25) is 0 Å². The van der Waals surface area contributed by atoms with Crippen LogP contribution in [0, 0.1) is 22.7 Å². The molecule has 0 aromatic heterocycles. The molecular weight excluding hydrogens is 340 g/mol. The molecule has 1 saturated heterocycles. The zero-order valence-corrected chi connectivity index (χ0v) is 17.4. The van der Waals surface area contributed by atoms with Crippen molar-refractivity contribution in [3.05, 3.63) is 11.1 Å². The monoisotopic (exact) mass is 374 g/mol. The standard InChI is InChI=1S/C23H34O4/c1-21(2)13-26-23(4,27-14-21)12-10-17-15-9-11-22(3)18(6-8-20(22)25)16(15)5-7-19(17)24/h16,18H,5-14H2,1-4H3/t16?,18?,22-/m0/s1. The lowest BCUT2D eigenvalue weighted by molar-refractivity contribution is -0.291. The molecule has 0 amide bonds. The molecule has 150 valence electrons. The zero-order chi connectivity index (χ0) is 19.4. The van der Waals surface area contributed by atoms with Crippen LogP contribution in [0.4, 0.5) is 0 Å². The number of Topliss-reactive ketones (excluding diaryl/α,β-unsaturated/α-hetero) is 2. The Kier molecular flexibility index (Phi) is 4.67. The summed E-state index contributed by atoms with van der Waals surface area (Å²) in [5.74, 6) is 1.04. The maximum absolute atomic E-state index is 12.8. The van der Waals surface area contributed by atoms with E-state index in [0.717, 1.165) is 50.5 Å². The Bertz CT molecular complexity index is 678. The fourth-order valence-electron chi connectivity index (χ4n) is 5.83. The highest BCUT2D eigenvalue weighted by molar-refractivity contribution is 5.97. The number of allylic oxidation sites excluding steroid dienone is 2. The smallest absolute Gasteiger partial charge is 0.165 e. The second kappa shape index (κ2) is 6.52. The Labute approximate surface area is 163 Å². The summed E-state index contributed by atoms with van der Waals surface area (Å²) in [6, 6.07) is 0. The van der Waals surface area contributed by atoms with Gasteiger partial charge in [0.05, 0.1) is 13.2 Å². The van der Waals surface area contributed by atoms with E-state index < -0.39 is 5.79 Å². The highest BCUT2D eigenvalue weighted by atomic mass is 16.7. The first-order valence-electron chi connectivity index (χ1n) is 10.7. The lowest BCUT2D eigenvalue weighted by Crippen LogP contribution is -2.46. The fraction of sp³-hybridized carbons (Fsp3) is 0.826. The van der Waals surface area contributed by atoms with Gasteiger partial charge in [-0.3, -0.25) is 9.59 Å². The number of carbonyl (C=O) groups is 2. The molecule has 0 N–H and O–H groups in total. The molecule has 4 heteroatoms. The van der Waals surface area contributed by atoms with Crippen LogP contribution in [0.5, 0.6) is 0 Å². The van der Waals surface area contributed by atoms with Gasteiger partial charge in [0.25, 0.3) is 0 Å². The van der Waals surface area contributed by atoms with Crippen LogP contribution in [-0.2, 0) is 19.1 Å². The average Bonchev–Trinajstić information content (AvgIpc) is 2.93. The summed E-state index contributed by atoms with van der Waals surface area (Å²) in [6.45, 7) is 9.85. The molecule has 2 saturated carbocycles. The van der Waals surface area contributed by atoms with Crippen molar-refractivity contribution in [3.8, 4) is 0 Å². The number of ether oxygens (including phenoxy) is 2. The molecule has 0 spiro atoms. The van der Waals surface area contributed by atoms with Crippen molar-refractivity contribution >= 4 is 11.6 Å². The van der Waals surface area contributed by atoms with Crippen molar-refractivity contribution in [1.29, 1.82) is 0 Å². The van der Waals surface area contributed by atoms with Crippen LogP contribution in [0.2, 0.25) is 0 Å². The normalized spacial score (nSPS) is 37.9. The quantitative estimate of drug-likeness (QED) is 0.724. The summed E-state index contributed by atoms with van der Waals surface area (Å²) in [6.07, 6.45) is 6.58. The summed E-state index contributed by atoms with van der Waals surface area (Å²) in [5, 5.41) is 0. The summed E-state index contributed by atoms with van der Waals surface area (Å²) >= 11 is 0. The number of hydrogen-bond acceptors (Lipinski definition) is 4. The second-order valence-electron chi connectivity index (χ2n) is 10.4. The minimum absolute atomic E-state index is 0.0516.